The molecule has 3 N–H and O–H groups in total. The van der Waals surface area contributed by atoms with Gasteiger partial charge in [0.05, 0.1) is 0 Å². The molecule has 88 valence electrons. The lowest BCUT2D eigenvalue weighted by Crippen LogP contribution is -2.22. The molecule has 0 radical (unpaired) electrons. The van der Waals surface area contributed by atoms with E-state index in [-0.39, 0.29) is 0 Å². The summed E-state index contributed by atoms with van der Waals surface area (Å²) >= 11 is 1.36. The lowest BCUT2D eigenvalue weighted by molar-refractivity contribution is 0.0702. The predicted molar refractivity (Wildman–Crippen MR) is 63.7 cm³/mol. The molecule has 16 heavy (non-hydrogen) atoms. The first-order valence-electron chi connectivity index (χ1n) is 5.43. The molecule has 5 heteroatoms. The summed E-state index contributed by atoms with van der Waals surface area (Å²) in [6, 6.07) is 3.59. The predicted octanol–water partition coefficient (Wildman–Crippen LogP) is 1.23. The minimum absolute atomic E-state index is 0.421. The molecule has 0 spiro atoms. The number of rotatable bonds is 4. The van der Waals surface area contributed by atoms with Crippen LogP contribution in [0.15, 0.2) is 12.1 Å². The van der Waals surface area contributed by atoms with E-state index in [1.807, 2.05) is 6.07 Å². The third kappa shape index (κ3) is 2.61. The fourth-order valence-corrected chi connectivity index (χ4v) is 2.94. The Kier molecular flexibility index (Phi) is 3.58. The smallest absolute Gasteiger partial charge is 0.345 e. The first-order chi connectivity index (χ1) is 7.69. The quantitative estimate of drug-likeness (QED) is 0.830. The summed E-state index contributed by atoms with van der Waals surface area (Å²) in [5.41, 5.74) is 5.63. The maximum Gasteiger partial charge on any atom is 0.345 e. The molecular weight excluding hydrogens is 224 g/mol. The summed E-state index contributed by atoms with van der Waals surface area (Å²) in [6.45, 7) is 3.72. The van der Waals surface area contributed by atoms with Crippen molar-refractivity contribution in [2.75, 3.05) is 19.6 Å². The number of aromatic carboxylic acids is 1. The molecule has 1 aromatic heterocycles. The van der Waals surface area contributed by atoms with E-state index in [1.165, 1.54) is 11.3 Å². The molecule has 1 aliphatic heterocycles. The van der Waals surface area contributed by atoms with Gasteiger partial charge in [-0.1, -0.05) is 0 Å². The zero-order valence-electron chi connectivity index (χ0n) is 9.06. The first-order valence-corrected chi connectivity index (χ1v) is 6.25. The summed E-state index contributed by atoms with van der Waals surface area (Å²) in [5, 5.41) is 8.82. The van der Waals surface area contributed by atoms with Gasteiger partial charge in [-0.2, -0.15) is 0 Å². The van der Waals surface area contributed by atoms with Crippen molar-refractivity contribution in [1.82, 2.24) is 4.90 Å². The number of nitrogens with zero attached hydrogens (tertiary/aromatic N) is 1. The van der Waals surface area contributed by atoms with Crippen LogP contribution in [0.4, 0.5) is 0 Å². The summed E-state index contributed by atoms with van der Waals surface area (Å²) in [7, 11) is 0. The highest BCUT2D eigenvalue weighted by atomic mass is 32.1. The van der Waals surface area contributed by atoms with Gasteiger partial charge >= 0.3 is 5.97 Å². The fraction of sp³-hybridized carbons (Fsp3) is 0.545. The Morgan fingerprint density at radius 2 is 2.44 bits per heavy atom. The number of hydrogen-bond donors (Lipinski definition) is 2. The van der Waals surface area contributed by atoms with Crippen molar-refractivity contribution in [1.29, 1.82) is 0 Å². The Morgan fingerprint density at radius 1 is 1.62 bits per heavy atom. The van der Waals surface area contributed by atoms with Crippen LogP contribution in [0, 0.1) is 5.92 Å². The number of carbonyl (C=O) groups is 1. The van der Waals surface area contributed by atoms with Gasteiger partial charge < -0.3 is 10.8 Å². The van der Waals surface area contributed by atoms with E-state index >= 15 is 0 Å². The van der Waals surface area contributed by atoms with Crippen LogP contribution in [-0.4, -0.2) is 35.6 Å². The van der Waals surface area contributed by atoms with E-state index in [0.717, 1.165) is 37.5 Å². The van der Waals surface area contributed by atoms with Crippen molar-refractivity contribution in [3.8, 4) is 0 Å². The molecule has 1 aliphatic rings. The molecule has 2 rings (SSSR count). The van der Waals surface area contributed by atoms with E-state index in [2.05, 4.69) is 4.90 Å². The fourth-order valence-electron chi connectivity index (χ4n) is 2.05. The molecule has 0 saturated carbocycles. The highest BCUT2D eigenvalue weighted by Crippen LogP contribution is 2.22. The van der Waals surface area contributed by atoms with Crippen LogP contribution in [0.25, 0.3) is 0 Å². The Labute approximate surface area is 98.7 Å². The first kappa shape index (κ1) is 11.6. The molecular formula is C11H16N2O2S. The van der Waals surface area contributed by atoms with Crippen LogP contribution in [0.2, 0.25) is 0 Å². The van der Waals surface area contributed by atoms with Crippen molar-refractivity contribution in [2.45, 2.75) is 13.0 Å². The molecule has 1 aromatic rings. The van der Waals surface area contributed by atoms with Gasteiger partial charge in [-0.3, -0.25) is 4.90 Å². The minimum atomic E-state index is -0.836. The summed E-state index contributed by atoms with van der Waals surface area (Å²) in [6.07, 6.45) is 1.16. The van der Waals surface area contributed by atoms with Gasteiger partial charge in [0.2, 0.25) is 0 Å². The largest absolute Gasteiger partial charge is 0.477 e. The van der Waals surface area contributed by atoms with Crippen LogP contribution in [0.5, 0.6) is 0 Å². The summed E-state index contributed by atoms with van der Waals surface area (Å²) < 4.78 is 0. The van der Waals surface area contributed by atoms with Crippen molar-refractivity contribution < 1.29 is 9.90 Å². The summed E-state index contributed by atoms with van der Waals surface area (Å²) in [5.74, 6) is -0.226. The monoisotopic (exact) mass is 240 g/mol. The van der Waals surface area contributed by atoms with E-state index in [4.69, 9.17) is 10.8 Å². The normalized spacial score (nSPS) is 21.4. The number of carboxylic acid groups (broad SMARTS) is 1. The van der Waals surface area contributed by atoms with Crippen molar-refractivity contribution in [3.05, 3.63) is 21.9 Å². The van der Waals surface area contributed by atoms with Gasteiger partial charge in [-0.15, -0.1) is 11.3 Å². The topological polar surface area (TPSA) is 66.6 Å². The maximum absolute atomic E-state index is 10.7. The van der Waals surface area contributed by atoms with E-state index in [0.29, 0.717) is 10.8 Å². The van der Waals surface area contributed by atoms with Crippen molar-refractivity contribution >= 4 is 17.3 Å². The van der Waals surface area contributed by atoms with Gasteiger partial charge in [-0.25, -0.2) is 4.79 Å². The molecule has 1 fully saturated rings. The lowest BCUT2D eigenvalue weighted by atomic mass is 10.1. The second-order valence-corrected chi connectivity index (χ2v) is 5.36. The summed E-state index contributed by atoms with van der Waals surface area (Å²) in [4.78, 5) is 14.6. The SMILES string of the molecule is NCC1CCN(Cc2ccc(C(=O)O)s2)C1. The minimum Gasteiger partial charge on any atom is -0.477 e. The van der Waals surface area contributed by atoms with E-state index in [1.54, 1.807) is 6.07 Å². The van der Waals surface area contributed by atoms with Crippen LogP contribution in [0.1, 0.15) is 21.0 Å². The zero-order valence-corrected chi connectivity index (χ0v) is 9.87. The second-order valence-electron chi connectivity index (χ2n) is 4.20. The van der Waals surface area contributed by atoms with Gasteiger partial charge in [0.15, 0.2) is 0 Å². The molecule has 1 unspecified atom stereocenters. The van der Waals surface area contributed by atoms with Crippen LogP contribution in [-0.2, 0) is 6.54 Å². The molecule has 4 nitrogen and oxygen atoms in total. The number of hydrogen-bond acceptors (Lipinski definition) is 4. The van der Waals surface area contributed by atoms with Crippen molar-refractivity contribution in [2.24, 2.45) is 11.7 Å². The molecule has 0 aromatic carbocycles. The third-order valence-corrected chi connectivity index (χ3v) is 4.01. The van der Waals surface area contributed by atoms with Gasteiger partial charge in [-0.05, 0) is 37.6 Å². The average Bonchev–Trinajstić information content (AvgIpc) is 2.87. The van der Waals surface area contributed by atoms with Gasteiger partial charge in [0, 0.05) is 18.0 Å². The Hall–Kier alpha value is -0.910. The van der Waals surface area contributed by atoms with Crippen LogP contribution < -0.4 is 5.73 Å². The molecule has 0 amide bonds. The molecule has 0 bridgehead atoms. The standard InChI is InChI=1S/C11H16N2O2S/c12-5-8-3-4-13(6-8)7-9-1-2-10(16-9)11(14)15/h1-2,8H,3-7,12H2,(H,14,15). The molecule has 1 saturated heterocycles. The van der Waals surface area contributed by atoms with Gasteiger partial charge in [0.25, 0.3) is 0 Å². The maximum atomic E-state index is 10.7. The molecule has 2 heterocycles. The molecule has 0 aliphatic carbocycles. The lowest BCUT2D eigenvalue weighted by Gasteiger charge is -2.13. The molecule has 1 atom stereocenters. The number of nitrogens with two attached hydrogens (primary N) is 1. The second kappa shape index (κ2) is 4.95. The Morgan fingerprint density at radius 3 is 3.00 bits per heavy atom. The number of carboxylic acids is 1. The highest BCUT2D eigenvalue weighted by Gasteiger charge is 2.21. The van der Waals surface area contributed by atoms with Crippen molar-refractivity contribution in [3.63, 3.8) is 0 Å². The number of thiophene rings is 1. The Balaban J connectivity index is 1.92. The Bertz CT molecular complexity index is 378. The van der Waals surface area contributed by atoms with Crippen LogP contribution >= 0.6 is 11.3 Å². The van der Waals surface area contributed by atoms with Crippen LogP contribution in [0.3, 0.4) is 0 Å². The van der Waals surface area contributed by atoms with E-state index in [9.17, 15) is 4.79 Å². The average molecular weight is 240 g/mol. The van der Waals surface area contributed by atoms with Gasteiger partial charge in [0.1, 0.15) is 4.88 Å². The zero-order chi connectivity index (χ0) is 11.5. The highest BCUT2D eigenvalue weighted by molar-refractivity contribution is 7.13. The van der Waals surface area contributed by atoms with E-state index < -0.39 is 5.97 Å². The number of likely N-dealkylation sites (tertiary alicyclic amines) is 1. The third-order valence-electron chi connectivity index (χ3n) is 2.96.